The fraction of sp³-hybridized carbons (Fsp3) is 0.143. The van der Waals surface area contributed by atoms with E-state index in [0.29, 0.717) is 0 Å². The number of aryl methyl sites for hydroxylation is 2. The van der Waals surface area contributed by atoms with E-state index in [0.717, 1.165) is 42.5 Å². The zero-order chi connectivity index (χ0) is 21.2. The van der Waals surface area contributed by atoms with Crippen LogP contribution in [0.25, 0.3) is 0 Å². The van der Waals surface area contributed by atoms with E-state index >= 15 is 0 Å². The summed E-state index contributed by atoms with van der Waals surface area (Å²) in [7, 11) is -4.24. The van der Waals surface area contributed by atoms with Crippen LogP contribution in [0.3, 0.4) is 0 Å². The molecule has 3 aromatic rings. The Balaban J connectivity index is 1.98. The summed E-state index contributed by atoms with van der Waals surface area (Å²) in [4.78, 5) is -0.299. The van der Waals surface area contributed by atoms with Crippen LogP contribution in [-0.2, 0) is 18.8 Å². The maximum atomic E-state index is 12.8. The highest BCUT2D eigenvalue weighted by atomic mass is 127. The van der Waals surface area contributed by atoms with Crippen LogP contribution in [0.4, 0.5) is 13.2 Å². The fourth-order valence-corrected chi connectivity index (χ4v) is 9.31. The molecule has 8 heteroatoms. The molecule has 153 valence electrons. The smallest absolute Gasteiger partial charge is 0.190 e. The van der Waals surface area contributed by atoms with Gasteiger partial charge in [-0.2, -0.15) is 21.6 Å². The summed E-state index contributed by atoms with van der Waals surface area (Å²) in [6.07, 6.45) is -4.54. The maximum Gasteiger partial charge on any atom is 0.416 e. The molecule has 3 nitrogen and oxygen atoms in total. The highest BCUT2D eigenvalue weighted by Gasteiger charge is 2.38. The fourth-order valence-electron chi connectivity index (χ4n) is 2.42. The van der Waals surface area contributed by atoms with Gasteiger partial charge in [0.1, 0.15) is 0 Å². The third-order valence-electron chi connectivity index (χ3n) is 4.03. The molecule has 0 unspecified atom stereocenters. The van der Waals surface area contributed by atoms with Crippen molar-refractivity contribution in [1.82, 2.24) is 0 Å². The first-order chi connectivity index (χ1) is 13.6. The van der Waals surface area contributed by atoms with Crippen molar-refractivity contribution in [2.75, 3.05) is 0 Å². The monoisotopic (exact) mass is 534 g/mol. The maximum absolute atomic E-state index is 12.8. The minimum atomic E-state index is -4.54. The van der Waals surface area contributed by atoms with E-state index in [1.54, 1.807) is 0 Å². The molecular formula is C21H18F3IO3S+. The highest BCUT2D eigenvalue weighted by Crippen LogP contribution is 2.29. The average molecular weight is 534 g/mol. The van der Waals surface area contributed by atoms with E-state index in [1.807, 2.05) is 62.4 Å². The van der Waals surface area contributed by atoms with Gasteiger partial charge in [0.05, 0.1) is 10.5 Å². The molecule has 0 spiro atoms. The van der Waals surface area contributed by atoms with Crippen molar-refractivity contribution >= 4 is 10.1 Å². The Bertz CT molecular complexity index is 1030. The normalized spacial score (nSPS) is 12.3. The Morgan fingerprint density at radius 1 is 0.724 bits per heavy atom. The van der Waals surface area contributed by atoms with Gasteiger partial charge in [0.15, 0.2) is 7.14 Å². The molecule has 0 fully saturated rings. The molecule has 0 heterocycles. The molecule has 0 bridgehead atoms. The molecule has 0 saturated heterocycles. The Hall–Kier alpha value is -1.91. The van der Waals surface area contributed by atoms with Crippen LogP contribution < -0.4 is 20.2 Å². The SMILES string of the molecule is Cc1ccc([I+](OS(=O)(=O)c2ccc(C(F)(F)F)cc2)c2ccc(C)cc2)cc1. The lowest BCUT2D eigenvalue weighted by atomic mass is 10.2. The molecule has 0 aromatic heterocycles. The predicted octanol–water partition coefficient (Wildman–Crippen LogP) is 2.31. The quantitative estimate of drug-likeness (QED) is 0.473. The zero-order valence-corrected chi connectivity index (χ0v) is 18.5. The summed E-state index contributed by atoms with van der Waals surface area (Å²) < 4.78 is 71.1. The van der Waals surface area contributed by atoms with Crippen LogP contribution in [0.5, 0.6) is 0 Å². The molecule has 0 aliphatic heterocycles. The number of benzene rings is 3. The molecule has 0 aliphatic rings. The zero-order valence-electron chi connectivity index (χ0n) is 15.6. The van der Waals surface area contributed by atoms with E-state index in [-0.39, 0.29) is 4.90 Å². The second kappa shape index (κ2) is 8.45. The molecule has 0 saturated carbocycles. The average Bonchev–Trinajstić information content (AvgIpc) is 2.67. The van der Waals surface area contributed by atoms with Gasteiger partial charge in [-0.25, -0.2) is 0 Å². The number of rotatable bonds is 5. The number of halogens is 4. The Kier molecular flexibility index (Phi) is 6.35. The lowest BCUT2D eigenvalue weighted by Gasteiger charge is -2.09. The first-order valence-electron chi connectivity index (χ1n) is 8.52. The first kappa shape index (κ1) is 21.8. The Morgan fingerprint density at radius 3 is 1.52 bits per heavy atom. The van der Waals surface area contributed by atoms with E-state index in [1.165, 1.54) is 0 Å². The number of alkyl halides is 3. The van der Waals surface area contributed by atoms with Gasteiger partial charge in [0.2, 0.25) is 0 Å². The largest absolute Gasteiger partial charge is 0.416 e. The van der Waals surface area contributed by atoms with E-state index < -0.39 is 42.1 Å². The minimum absolute atomic E-state index is 0.299. The summed E-state index contributed by atoms with van der Waals surface area (Å²) in [6, 6.07) is 18.2. The van der Waals surface area contributed by atoms with Crippen molar-refractivity contribution in [3.8, 4) is 0 Å². The van der Waals surface area contributed by atoms with Crippen LogP contribution >= 0.6 is 0 Å². The topological polar surface area (TPSA) is 43.4 Å². The van der Waals surface area contributed by atoms with Crippen LogP contribution in [0.15, 0.2) is 77.7 Å². The standard InChI is InChI=1S/C21H18F3IO3S/c1-15-3-9-18(10-4-15)25(19-11-5-16(2)6-12-19)28-29(26,27)20-13-7-17(8-14-20)21(22,23)24/h3-14H,1-2H3/q+1. The second-order valence-corrected chi connectivity index (χ2v) is 12.9. The number of hydrogen-bond donors (Lipinski definition) is 0. The molecule has 3 rings (SSSR count). The summed E-state index contributed by atoms with van der Waals surface area (Å²) in [5, 5.41) is 0. The van der Waals surface area contributed by atoms with Gasteiger partial charge < -0.3 is 0 Å². The molecule has 0 N–H and O–H groups in total. The van der Waals surface area contributed by atoms with Gasteiger partial charge in [-0.3, -0.25) is 0 Å². The van der Waals surface area contributed by atoms with Crippen molar-refractivity contribution < 1.29 is 44.3 Å². The molecule has 0 aliphatic carbocycles. The van der Waals surface area contributed by atoms with Crippen molar-refractivity contribution in [3.05, 3.63) is 96.6 Å². The lowest BCUT2D eigenvalue weighted by molar-refractivity contribution is -1.03. The van der Waals surface area contributed by atoms with E-state index in [4.69, 9.17) is 2.51 Å². The van der Waals surface area contributed by atoms with Gasteiger partial charge in [-0.1, -0.05) is 35.4 Å². The van der Waals surface area contributed by atoms with Crippen molar-refractivity contribution in [2.45, 2.75) is 24.9 Å². The predicted molar refractivity (Wildman–Crippen MR) is 99.5 cm³/mol. The van der Waals surface area contributed by atoms with Crippen LogP contribution in [0.1, 0.15) is 16.7 Å². The second-order valence-electron chi connectivity index (χ2n) is 6.38. The van der Waals surface area contributed by atoms with Gasteiger partial charge in [-0.15, -0.1) is 0 Å². The van der Waals surface area contributed by atoms with Gasteiger partial charge in [-0.05, 0) is 64.9 Å². The van der Waals surface area contributed by atoms with E-state index in [9.17, 15) is 21.6 Å². The molecule has 0 atom stereocenters. The van der Waals surface area contributed by atoms with Crippen molar-refractivity contribution in [1.29, 1.82) is 0 Å². The molecule has 0 amide bonds. The summed E-state index contributed by atoms with van der Waals surface area (Å²) >= 11 is -2.86. The Morgan fingerprint density at radius 2 is 1.14 bits per heavy atom. The number of hydrogen-bond acceptors (Lipinski definition) is 3. The third kappa shape index (κ3) is 5.37. The lowest BCUT2D eigenvalue weighted by Crippen LogP contribution is -3.85. The van der Waals surface area contributed by atoms with Crippen molar-refractivity contribution in [3.63, 3.8) is 0 Å². The van der Waals surface area contributed by atoms with E-state index in [2.05, 4.69) is 0 Å². The summed E-state index contributed by atoms with van der Waals surface area (Å²) in [5.74, 6) is 0. The molecule has 3 aromatic carbocycles. The minimum Gasteiger partial charge on any atom is -0.190 e. The summed E-state index contributed by atoms with van der Waals surface area (Å²) in [6.45, 7) is 3.85. The van der Waals surface area contributed by atoms with Crippen LogP contribution in [0.2, 0.25) is 0 Å². The third-order valence-corrected chi connectivity index (χ3v) is 11.4. The van der Waals surface area contributed by atoms with Crippen molar-refractivity contribution in [2.24, 2.45) is 0 Å². The first-order valence-corrected chi connectivity index (χ1v) is 13.0. The van der Waals surface area contributed by atoms with Crippen LogP contribution in [0, 0.1) is 21.0 Å². The Labute approximate surface area is 175 Å². The highest BCUT2D eigenvalue weighted by molar-refractivity contribution is 7.86. The molecule has 29 heavy (non-hydrogen) atoms. The van der Waals surface area contributed by atoms with Gasteiger partial charge >= 0.3 is 36.5 Å². The van der Waals surface area contributed by atoms with Gasteiger partial charge in [0, 0.05) is 0 Å². The summed E-state index contributed by atoms with van der Waals surface area (Å²) in [5.41, 5.74) is 1.14. The molecular weight excluding hydrogens is 516 g/mol. The van der Waals surface area contributed by atoms with Crippen LogP contribution in [-0.4, -0.2) is 8.42 Å². The molecule has 1 radical (unpaired) electrons. The van der Waals surface area contributed by atoms with Gasteiger partial charge in [0.25, 0.3) is 0 Å².